The van der Waals surface area contributed by atoms with Crippen molar-refractivity contribution in [3.63, 3.8) is 0 Å². The van der Waals surface area contributed by atoms with Gasteiger partial charge in [0.2, 0.25) is 5.91 Å². The van der Waals surface area contributed by atoms with Crippen LogP contribution in [0.25, 0.3) is 0 Å². The predicted octanol–water partition coefficient (Wildman–Crippen LogP) is -2.74. The molecule has 0 spiro atoms. The summed E-state index contributed by atoms with van der Waals surface area (Å²) in [6.07, 6.45) is -6.09. The molecule has 0 unspecified atom stereocenters. The Labute approximate surface area is 115 Å². The van der Waals surface area contributed by atoms with E-state index in [1.165, 1.54) is 0 Å². The Bertz CT molecular complexity index is 347. The minimum atomic E-state index is -1.76. The van der Waals surface area contributed by atoms with Gasteiger partial charge < -0.3 is 35.3 Å². The molecule has 0 aromatic heterocycles. The lowest BCUT2D eigenvalue weighted by Crippen LogP contribution is -2.55. The van der Waals surface area contributed by atoms with Crippen LogP contribution in [0, 0.1) is 0 Å². The minimum Gasteiger partial charge on any atom is -0.479 e. The molecule has 0 radical (unpaired) electrons. The van der Waals surface area contributed by atoms with Crippen LogP contribution >= 0.6 is 0 Å². The SMILES string of the molecule is CC(=O)N[C@@H](C=O)[C@@H](O[C@H](C)C(=O)O)[C@H](O)[C@H](O)CO. The molecule has 0 saturated carbocycles. The summed E-state index contributed by atoms with van der Waals surface area (Å²) < 4.78 is 4.98. The number of amides is 1. The molecule has 5 N–H and O–H groups in total. The highest BCUT2D eigenvalue weighted by Crippen LogP contribution is 2.12. The van der Waals surface area contributed by atoms with Crippen molar-refractivity contribution in [1.29, 1.82) is 0 Å². The molecule has 0 aromatic rings. The number of nitrogens with one attached hydrogen (secondary N) is 1. The average molecular weight is 293 g/mol. The Hall–Kier alpha value is -1.55. The summed E-state index contributed by atoms with van der Waals surface area (Å²) in [6.45, 7) is 1.44. The number of aliphatic hydroxyl groups excluding tert-OH is 3. The molecule has 0 aromatic carbocycles. The number of aliphatic carboxylic acids is 1. The van der Waals surface area contributed by atoms with E-state index in [2.05, 4.69) is 5.32 Å². The second kappa shape index (κ2) is 8.59. The molecule has 0 aliphatic carbocycles. The van der Waals surface area contributed by atoms with E-state index >= 15 is 0 Å². The molecule has 0 rings (SSSR count). The topological polar surface area (TPSA) is 153 Å². The van der Waals surface area contributed by atoms with Crippen LogP contribution in [0.2, 0.25) is 0 Å². The summed E-state index contributed by atoms with van der Waals surface area (Å²) in [5.41, 5.74) is 0. The van der Waals surface area contributed by atoms with Gasteiger partial charge >= 0.3 is 5.97 Å². The standard InChI is InChI=1S/C11H19NO8/c1-5(11(18)19)20-10(9(17)8(16)4-14)7(3-13)12-6(2)15/h3,5,7-10,14,16-17H,4H2,1-2H3,(H,12,15)(H,18,19)/t5-,7+,8-,9-,10-/m1/s1. The van der Waals surface area contributed by atoms with E-state index in [1.54, 1.807) is 0 Å². The molecule has 0 aliphatic heterocycles. The molecule has 0 fully saturated rings. The lowest BCUT2D eigenvalue weighted by molar-refractivity contribution is -0.168. The number of ether oxygens (including phenoxy) is 1. The Balaban J connectivity index is 5.15. The summed E-state index contributed by atoms with van der Waals surface area (Å²) in [6, 6.07) is -1.37. The van der Waals surface area contributed by atoms with Crippen molar-refractivity contribution in [1.82, 2.24) is 5.32 Å². The van der Waals surface area contributed by atoms with Crippen LogP contribution in [0.5, 0.6) is 0 Å². The molecular formula is C11H19NO8. The second-order valence-corrected chi connectivity index (χ2v) is 4.18. The first-order valence-electron chi connectivity index (χ1n) is 5.82. The second-order valence-electron chi connectivity index (χ2n) is 4.18. The number of rotatable bonds is 9. The minimum absolute atomic E-state index is 0.244. The number of hydrogen-bond acceptors (Lipinski definition) is 7. The quantitative estimate of drug-likeness (QED) is 0.287. The molecule has 0 saturated heterocycles. The largest absolute Gasteiger partial charge is 0.479 e. The predicted molar refractivity (Wildman–Crippen MR) is 64.7 cm³/mol. The number of carboxylic acid groups (broad SMARTS) is 1. The van der Waals surface area contributed by atoms with Crippen molar-refractivity contribution in [2.45, 2.75) is 44.3 Å². The van der Waals surface area contributed by atoms with Gasteiger partial charge in [-0.3, -0.25) is 4.79 Å². The van der Waals surface area contributed by atoms with Crippen LogP contribution in [0.15, 0.2) is 0 Å². The lowest BCUT2D eigenvalue weighted by Gasteiger charge is -2.31. The van der Waals surface area contributed by atoms with Crippen LogP contribution in [-0.2, 0) is 19.1 Å². The fourth-order valence-corrected chi connectivity index (χ4v) is 1.43. The molecule has 5 atom stereocenters. The van der Waals surface area contributed by atoms with E-state index in [0.29, 0.717) is 0 Å². The summed E-state index contributed by atoms with van der Waals surface area (Å²) in [5, 5.41) is 38.8. The maximum atomic E-state index is 11.0. The van der Waals surface area contributed by atoms with E-state index in [-0.39, 0.29) is 6.29 Å². The van der Waals surface area contributed by atoms with E-state index in [0.717, 1.165) is 13.8 Å². The number of carbonyl (C=O) groups is 3. The molecule has 0 bridgehead atoms. The highest BCUT2D eigenvalue weighted by molar-refractivity contribution is 5.77. The van der Waals surface area contributed by atoms with E-state index in [1.807, 2.05) is 0 Å². The van der Waals surface area contributed by atoms with E-state index in [9.17, 15) is 24.6 Å². The Morgan fingerprint density at radius 1 is 1.35 bits per heavy atom. The Morgan fingerprint density at radius 3 is 2.25 bits per heavy atom. The Kier molecular flexibility index (Phi) is 7.92. The van der Waals surface area contributed by atoms with Gasteiger partial charge in [-0.1, -0.05) is 0 Å². The highest BCUT2D eigenvalue weighted by atomic mass is 16.5. The van der Waals surface area contributed by atoms with Gasteiger partial charge in [0, 0.05) is 6.92 Å². The van der Waals surface area contributed by atoms with Crippen molar-refractivity contribution in [3.8, 4) is 0 Å². The van der Waals surface area contributed by atoms with E-state index < -0.39 is 48.9 Å². The highest BCUT2D eigenvalue weighted by Gasteiger charge is 2.36. The van der Waals surface area contributed by atoms with Crippen LogP contribution < -0.4 is 5.32 Å². The van der Waals surface area contributed by atoms with Gasteiger partial charge in [0.1, 0.15) is 30.6 Å². The molecule has 1 amide bonds. The molecule has 116 valence electrons. The van der Waals surface area contributed by atoms with Gasteiger partial charge in [0.05, 0.1) is 6.61 Å². The van der Waals surface area contributed by atoms with Crippen molar-refractivity contribution in [2.24, 2.45) is 0 Å². The maximum absolute atomic E-state index is 11.0. The summed E-state index contributed by atoms with van der Waals surface area (Å²) in [5.74, 6) is -1.96. The van der Waals surface area contributed by atoms with Gasteiger partial charge in [-0.2, -0.15) is 0 Å². The molecule has 0 heterocycles. The fourth-order valence-electron chi connectivity index (χ4n) is 1.43. The lowest BCUT2D eigenvalue weighted by atomic mass is 10.0. The van der Waals surface area contributed by atoms with Crippen LogP contribution in [0.1, 0.15) is 13.8 Å². The van der Waals surface area contributed by atoms with Gasteiger partial charge in [-0.05, 0) is 6.92 Å². The zero-order chi connectivity index (χ0) is 15.9. The van der Waals surface area contributed by atoms with E-state index in [4.69, 9.17) is 14.9 Å². The monoisotopic (exact) mass is 293 g/mol. The normalized spacial score (nSPS) is 18.4. The van der Waals surface area contributed by atoms with Gasteiger partial charge in [0.15, 0.2) is 6.10 Å². The third-order valence-corrected chi connectivity index (χ3v) is 2.50. The number of carboxylic acids is 1. The molecule has 9 heteroatoms. The number of aliphatic hydroxyl groups is 3. The van der Waals surface area contributed by atoms with Gasteiger partial charge in [-0.15, -0.1) is 0 Å². The van der Waals surface area contributed by atoms with Crippen LogP contribution in [-0.4, -0.2) is 75.7 Å². The smallest absolute Gasteiger partial charge is 0.332 e. The molecule has 0 aliphatic rings. The van der Waals surface area contributed by atoms with Crippen molar-refractivity contribution >= 4 is 18.2 Å². The van der Waals surface area contributed by atoms with Crippen molar-refractivity contribution in [3.05, 3.63) is 0 Å². The first kappa shape index (κ1) is 18.4. The average Bonchev–Trinajstić information content (AvgIpc) is 2.39. The van der Waals surface area contributed by atoms with Crippen molar-refractivity contribution < 1.29 is 39.5 Å². The summed E-state index contributed by atoms with van der Waals surface area (Å²) in [4.78, 5) is 32.7. The van der Waals surface area contributed by atoms with Crippen LogP contribution in [0.4, 0.5) is 0 Å². The molecular weight excluding hydrogens is 274 g/mol. The fraction of sp³-hybridized carbons (Fsp3) is 0.727. The summed E-state index contributed by atoms with van der Waals surface area (Å²) >= 11 is 0. The number of hydrogen-bond donors (Lipinski definition) is 5. The van der Waals surface area contributed by atoms with Crippen LogP contribution in [0.3, 0.4) is 0 Å². The van der Waals surface area contributed by atoms with Crippen molar-refractivity contribution in [2.75, 3.05) is 6.61 Å². The van der Waals surface area contributed by atoms with Gasteiger partial charge in [0.25, 0.3) is 0 Å². The first-order chi connectivity index (χ1) is 9.24. The molecule has 9 nitrogen and oxygen atoms in total. The summed E-state index contributed by atoms with van der Waals surface area (Å²) in [7, 11) is 0. The Morgan fingerprint density at radius 2 is 1.90 bits per heavy atom. The first-order valence-corrected chi connectivity index (χ1v) is 5.82. The number of aldehydes is 1. The maximum Gasteiger partial charge on any atom is 0.332 e. The van der Waals surface area contributed by atoms with Gasteiger partial charge in [-0.25, -0.2) is 4.79 Å². The zero-order valence-corrected chi connectivity index (χ0v) is 11.1. The zero-order valence-electron chi connectivity index (χ0n) is 11.1. The molecule has 20 heavy (non-hydrogen) atoms. The third kappa shape index (κ3) is 5.61. The third-order valence-electron chi connectivity index (χ3n) is 2.50. The number of carbonyl (C=O) groups excluding carboxylic acids is 2.